The highest BCUT2D eigenvalue weighted by atomic mass is 35.5. The zero-order valence-electron chi connectivity index (χ0n) is 12.5. The summed E-state index contributed by atoms with van der Waals surface area (Å²) in [6.07, 6.45) is 3.50. The number of ether oxygens (including phenoxy) is 2. The second-order valence-corrected chi connectivity index (χ2v) is 7.20. The Kier molecular flexibility index (Phi) is 3.60. The Labute approximate surface area is 126 Å². The van der Waals surface area contributed by atoms with E-state index < -0.39 is 0 Å². The Morgan fingerprint density at radius 3 is 2.60 bits per heavy atom. The number of hydrogen-bond acceptors (Lipinski definition) is 2. The van der Waals surface area contributed by atoms with Gasteiger partial charge in [-0.2, -0.15) is 0 Å². The smallest absolute Gasteiger partial charge is 0.0924 e. The second-order valence-electron chi connectivity index (χ2n) is 6.76. The minimum atomic E-state index is -0.101. The molecule has 2 heterocycles. The maximum Gasteiger partial charge on any atom is 0.0924 e. The zero-order chi connectivity index (χ0) is 14.4. The molecular weight excluding hydrogens is 272 g/mol. The normalized spacial score (nSPS) is 36.0. The van der Waals surface area contributed by atoms with Crippen molar-refractivity contribution in [1.82, 2.24) is 0 Å². The van der Waals surface area contributed by atoms with Gasteiger partial charge in [0.1, 0.15) is 0 Å². The van der Waals surface area contributed by atoms with Crippen LogP contribution < -0.4 is 0 Å². The summed E-state index contributed by atoms with van der Waals surface area (Å²) < 4.78 is 12.6. The van der Waals surface area contributed by atoms with Gasteiger partial charge in [0.05, 0.1) is 23.9 Å². The molecule has 1 aromatic rings. The third-order valence-corrected chi connectivity index (χ3v) is 5.36. The van der Waals surface area contributed by atoms with Crippen LogP contribution in [0.25, 0.3) is 0 Å². The Hall–Kier alpha value is -0.570. The number of benzene rings is 1. The van der Waals surface area contributed by atoms with Gasteiger partial charge in [0.15, 0.2) is 0 Å². The lowest BCUT2D eigenvalue weighted by atomic mass is 9.75. The van der Waals surface area contributed by atoms with E-state index in [9.17, 15) is 0 Å². The Balaban J connectivity index is 1.66. The highest BCUT2D eigenvalue weighted by molar-refractivity contribution is 6.30. The molecule has 2 nitrogen and oxygen atoms in total. The zero-order valence-corrected chi connectivity index (χ0v) is 13.2. The predicted molar refractivity (Wildman–Crippen MR) is 80.9 cm³/mol. The minimum absolute atomic E-state index is 0.0411. The van der Waals surface area contributed by atoms with E-state index in [-0.39, 0.29) is 17.3 Å². The molecule has 0 N–H and O–H groups in total. The van der Waals surface area contributed by atoms with Gasteiger partial charge in [-0.3, -0.25) is 0 Å². The number of hydrogen-bond donors (Lipinski definition) is 0. The van der Waals surface area contributed by atoms with Crippen LogP contribution in [0.3, 0.4) is 0 Å². The van der Waals surface area contributed by atoms with Gasteiger partial charge in [-0.25, -0.2) is 0 Å². The minimum Gasteiger partial charge on any atom is -0.370 e. The average molecular weight is 295 g/mol. The van der Waals surface area contributed by atoms with Crippen molar-refractivity contribution in [2.75, 3.05) is 0 Å². The molecular formula is C17H23ClO2. The molecule has 1 aromatic carbocycles. The summed E-state index contributed by atoms with van der Waals surface area (Å²) in [5, 5.41) is 0.766. The van der Waals surface area contributed by atoms with Crippen LogP contribution in [-0.2, 0) is 16.1 Å². The Morgan fingerprint density at radius 1 is 1.30 bits per heavy atom. The lowest BCUT2D eigenvalue weighted by Crippen LogP contribution is -2.38. The third-order valence-electron chi connectivity index (χ3n) is 5.11. The summed E-state index contributed by atoms with van der Waals surface area (Å²) in [5.74, 6) is 0.549. The third kappa shape index (κ3) is 2.38. The maximum atomic E-state index is 6.38. The first kappa shape index (κ1) is 14.4. The highest BCUT2D eigenvalue weighted by Crippen LogP contribution is 2.55. The lowest BCUT2D eigenvalue weighted by Gasteiger charge is -2.31. The van der Waals surface area contributed by atoms with E-state index in [1.54, 1.807) is 0 Å². The van der Waals surface area contributed by atoms with Gasteiger partial charge < -0.3 is 9.47 Å². The molecule has 0 saturated carbocycles. The lowest BCUT2D eigenvalue weighted by molar-refractivity contribution is -0.0959. The van der Waals surface area contributed by atoms with Crippen LogP contribution in [0.4, 0.5) is 0 Å². The second kappa shape index (κ2) is 5.01. The first-order valence-corrected chi connectivity index (χ1v) is 7.88. The summed E-state index contributed by atoms with van der Waals surface area (Å²) in [6.45, 7) is 7.35. The SMILES string of the molecule is CC(C)[C@@]12CC[C@@](C)(O1)[C@@H](OCc1ccc(Cl)cc1)C2. The summed E-state index contributed by atoms with van der Waals surface area (Å²) in [6, 6.07) is 7.87. The Morgan fingerprint density at radius 2 is 2.00 bits per heavy atom. The largest absolute Gasteiger partial charge is 0.370 e. The van der Waals surface area contributed by atoms with Gasteiger partial charge in [0, 0.05) is 11.4 Å². The first-order chi connectivity index (χ1) is 9.43. The quantitative estimate of drug-likeness (QED) is 0.808. The van der Waals surface area contributed by atoms with Crippen LogP contribution in [0.1, 0.15) is 45.6 Å². The summed E-state index contributed by atoms with van der Waals surface area (Å²) in [4.78, 5) is 0. The molecule has 3 atom stereocenters. The topological polar surface area (TPSA) is 18.5 Å². The van der Waals surface area contributed by atoms with Crippen LogP contribution in [0.2, 0.25) is 5.02 Å². The van der Waals surface area contributed by atoms with E-state index in [1.165, 1.54) is 12.0 Å². The van der Waals surface area contributed by atoms with Gasteiger partial charge >= 0.3 is 0 Å². The molecule has 0 unspecified atom stereocenters. The van der Waals surface area contributed by atoms with E-state index in [4.69, 9.17) is 21.1 Å². The average Bonchev–Trinajstić information content (AvgIpc) is 2.90. The van der Waals surface area contributed by atoms with Crippen molar-refractivity contribution in [2.24, 2.45) is 5.92 Å². The standard InChI is InChI=1S/C17H23ClO2/c1-12(2)17-9-8-16(3,20-17)15(10-17)19-11-13-4-6-14(18)7-5-13/h4-7,12,15H,8-11H2,1-3H3/t15-,16+,17-/m0/s1. The van der Waals surface area contributed by atoms with Crippen molar-refractivity contribution in [3.63, 3.8) is 0 Å². The highest BCUT2D eigenvalue weighted by Gasteiger charge is 2.60. The maximum absolute atomic E-state index is 6.38. The molecule has 2 saturated heterocycles. The molecule has 20 heavy (non-hydrogen) atoms. The van der Waals surface area contributed by atoms with Crippen LogP contribution in [0.15, 0.2) is 24.3 Å². The number of rotatable bonds is 4. The van der Waals surface area contributed by atoms with Crippen LogP contribution >= 0.6 is 11.6 Å². The Bertz CT molecular complexity index is 484. The first-order valence-electron chi connectivity index (χ1n) is 7.50. The molecule has 2 aliphatic heterocycles. The summed E-state index contributed by atoms with van der Waals surface area (Å²) in [7, 11) is 0. The fourth-order valence-electron chi connectivity index (χ4n) is 3.58. The van der Waals surface area contributed by atoms with Crippen LogP contribution in [0, 0.1) is 5.92 Å². The van der Waals surface area contributed by atoms with Gasteiger partial charge in [-0.1, -0.05) is 37.6 Å². The molecule has 0 amide bonds. The molecule has 0 aliphatic carbocycles. The molecule has 0 spiro atoms. The molecule has 3 heteroatoms. The fourth-order valence-corrected chi connectivity index (χ4v) is 3.71. The van der Waals surface area contributed by atoms with Crippen molar-refractivity contribution in [2.45, 2.75) is 63.9 Å². The van der Waals surface area contributed by atoms with E-state index in [0.717, 1.165) is 17.9 Å². The molecule has 0 aromatic heterocycles. The molecule has 2 bridgehead atoms. The van der Waals surface area contributed by atoms with Crippen LogP contribution in [-0.4, -0.2) is 17.3 Å². The van der Waals surface area contributed by atoms with Crippen molar-refractivity contribution < 1.29 is 9.47 Å². The van der Waals surface area contributed by atoms with E-state index in [0.29, 0.717) is 12.5 Å². The molecule has 3 rings (SSSR count). The van der Waals surface area contributed by atoms with Gasteiger partial charge in [0.25, 0.3) is 0 Å². The fraction of sp³-hybridized carbons (Fsp3) is 0.647. The predicted octanol–water partition coefficient (Wildman–Crippen LogP) is 4.59. The monoisotopic (exact) mass is 294 g/mol. The van der Waals surface area contributed by atoms with Crippen molar-refractivity contribution in [1.29, 1.82) is 0 Å². The van der Waals surface area contributed by atoms with E-state index in [1.807, 2.05) is 24.3 Å². The van der Waals surface area contributed by atoms with Gasteiger partial charge in [-0.15, -0.1) is 0 Å². The molecule has 0 radical (unpaired) electrons. The molecule has 2 fully saturated rings. The van der Waals surface area contributed by atoms with E-state index in [2.05, 4.69) is 20.8 Å². The van der Waals surface area contributed by atoms with Crippen molar-refractivity contribution in [3.8, 4) is 0 Å². The van der Waals surface area contributed by atoms with Crippen molar-refractivity contribution in [3.05, 3.63) is 34.9 Å². The summed E-state index contributed by atoms with van der Waals surface area (Å²) in [5.41, 5.74) is 1.11. The van der Waals surface area contributed by atoms with E-state index >= 15 is 0 Å². The molecule has 110 valence electrons. The van der Waals surface area contributed by atoms with Gasteiger partial charge in [0.2, 0.25) is 0 Å². The molecule has 2 aliphatic rings. The van der Waals surface area contributed by atoms with Crippen LogP contribution in [0.5, 0.6) is 0 Å². The number of halogens is 1. The number of fused-ring (bicyclic) bond motifs is 2. The van der Waals surface area contributed by atoms with Crippen molar-refractivity contribution >= 4 is 11.6 Å². The van der Waals surface area contributed by atoms with Gasteiger partial charge in [-0.05, 0) is 43.4 Å². The summed E-state index contributed by atoms with van der Waals surface area (Å²) >= 11 is 5.90.